The van der Waals surface area contributed by atoms with Gasteiger partial charge in [-0.25, -0.2) is 4.98 Å². The van der Waals surface area contributed by atoms with Crippen LogP contribution >= 0.6 is 23.1 Å². The van der Waals surface area contributed by atoms with Gasteiger partial charge < -0.3 is 5.32 Å². The molecule has 0 bridgehead atoms. The van der Waals surface area contributed by atoms with Crippen LogP contribution in [0.5, 0.6) is 0 Å². The highest BCUT2D eigenvalue weighted by Crippen LogP contribution is 2.24. The van der Waals surface area contributed by atoms with Crippen LogP contribution in [0.3, 0.4) is 0 Å². The normalized spacial score (nSPS) is 27.1. The summed E-state index contributed by atoms with van der Waals surface area (Å²) < 4.78 is 0. The molecule has 1 aromatic rings. The number of amidine groups is 1. The first-order chi connectivity index (χ1) is 8.22. The van der Waals surface area contributed by atoms with Crippen LogP contribution in [0.25, 0.3) is 0 Å². The molecule has 1 atom stereocenters. The van der Waals surface area contributed by atoms with Crippen molar-refractivity contribution in [3.63, 3.8) is 0 Å². The first kappa shape index (κ1) is 12.9. The number of thiazole rings is 1. The molecule has 0 aromatic carbocycles. The molecule has 2 rings (SSSR count). The van der Waals surface area contributed by atoms with Gasteiger partial charge in [0, 0.05) is 35.8 Å². The quantitative estimate of drug-likeness (QED) is 0.913. The zero-order chi connectivity index (χ0) is 12.1. The molecule has 1 aliphatic rings. The molecule has 1 N–H and O–H groups in total. The SMILES string of the molecule is CCC1(C)CCSC(=NCCc2nccs2)N1. The molecule has 94 valence electrons. The highest BCUT2D eigenvalue weighted by atomic mass is 32.2. The van der Waals surface area contributed by atoms with Crippen molar-refractivity contribution in [1.29, 1.82) is 0 Å². The molecule has 1 aliphatic heterocycles. The topological polar surface area (TPSA) is 37.3 Å². The summed E-state index contributed by atoms with van der Waals surface area (Å²) in [6.07, 6.45) is 5.18. The molecule has 1 saturated heterocycles. The number of aromatic nitrogens is 1. The summed E-state index contributed by atoms with van der Waals surface area (Å²) in [5.74, 6) is 1.17. The van der Waals surface area contributed by atoms with Crippen LogP contribution in [0.1, 0.15) is 31.7 Å². The molecule has 0 amide bonds. The van der Waals surface area contributed by atoms with E-state index in [1.54, 1.807) is 11.3 Å². The van der Waals surface area contributed by atoms with Crippen LogP contribution in [0.2, 0.25) is 0 Å². The average molecular weight is 269 g/mol. The summed E-state index contributed by atoms with van der Waals surface area (Å²) in [4.78, 5) is 8.90. The van der Waals surface area contributed by atoms with Gasteiger partial charge in [-0.05, 0) is 19.8 Å². The van der Waals surface area contributed by atoms with Crippen LogP contribution in [0, 0.1) is 0 Å². The first-order valence-electron chi connectivity index (χ1n) is 6.06. The van der Waals surface area contributed by atoms with Crippen molar-refractivity contribution < 1.29 is 0 Å². The van der Waals surface area contributed by atoms with Crippen molar-refractivity contribution in [2.45, 2.75) is 38.6 Å². The predicted molar refractivity (Wildman–Crippen MR) is 77.0 cm³/mol. The summed E-state index contributed by atoms with van der Waals surface area (Å²) in [5.41, 5.74) is 0.241. The van der Waals surface area contributed by atoms with Crippen LogP contribution in [0.15, 0.2) is 16.6 Å². The molecule has 0 saturated carbocycles. The second kappa shape index (κ2) is 5.87. The number of thioether (sulfide) groups is 1. The monoisotopic (exact) mass is 269 g/mol. The smallest absolute Gasteiger partial charge is 0.156 e. The molecule has 1 fully saturated rings. The Labute approximate surface area is 111 Å². The Morgan fingerprint density at radius 2 is 2.47 bits per heavy atom. The summed E-state index contributed by atoms with van der Waals surface area (Å²) in [7, 11) is 0. The average Bonchev–Trinajstić information content (AvgIpc) is 2.82. The Morgan fingerprint density at radius 3 is 3.18 bits per heavy atom. The standard InChI is InChI=1S/C12H19N3S2/c1-3-12(2)5-8-17-11(15-12)14-6-4-10-13-7-9-16-10/h7,9H,3-6,8H2,1-2H3,(H,14,15). The van der Waals surface area contributed by atoms with Gasteiger partial charge in [0.2, 0.25) is 0 Å². The molecule has 17 heavy (non-hydrogen) atoms. The zero-order valence-electron chi connectivity index (χ0n) is 10.4. The predicted octanol–water partition coefficient (Wildman–Crippen LogP) is 2.94. The molecular formula is C12H19N3S2. The van der Waals surface area contributed by atoms with Gasteiger partial charge in [-0.2, -0.15) is 0 Å². The van der Waals surface area contributed by atoms with E-state index in [1.165, 1.54) is 17.2 Å². The minimum absolute atomic E-state index is 0.241. The van der Waals surface area contributed by atoms with Crippen LogP contribution < -0.4 is 5.32 Å². The van der Waals surface area contributed by atoms with E-state index in [9.17, 15) is 0 Å². The van der Waals surface area contributed by atoms with Gasteiger partial charge in [0.15, 0.2) is 5.17 Å². The largest absolute Gasteiger partial charge is 0.360 e. The first-order valence-corrected chi connectivity index (χ1v) is 7.92. The Hall–Kier alpha value is -0.550. The highest BCUT2D eigenvalue weighted by Gasteiger charge is 2.27. The van der Waals surface area contributed by atoms with E-state index in [4.69, 9.17) is 0 Å². The summed E-state index contributed by atoms with van der Waals surface area (Å²) in [6, 6.07) is 0. The maximum absolute atomic E-state index is 4.64. The number of aliphatic imine (C=N–C) groups is 1. The number of nitrogens with one attached hydrogen (secondary N) is 1. The minimum atomic E-state index is 0.241. The third-order valence-corrected chi connectivity index (χ3v) is 4.90. The Kier molecular flexibility index (Phi) is 4.45. The summed E-state index contributed by atoms with van der Waals surface area (Å²) >= 11 is 3.55. The van der Waals surface area contributed by atoms with Crippen molar-refractivity contribution in [3.05, 3.63) is 16.6 Å². The van der Waals surface area contributed by atoms with Crippen molar-refractivity contribution in [1.82, 2.24) is 10.3 Å². The van der Waals surface area contributed by atoms with Gasteiger partial charge in [0.1, 0.15) is 0 Å². The maximum atomic E-state index is 4.64. The Morgan fingerprint density at radius 1 is 1.59 bits per heavy atom. The van der Waals surface area contributed by atoms with Gasteiger partial charge in [-0.3, -0.25) is 4.99 Å². The van der Waals surface area contributed by atoms with Gasteiger partial charge in [0.25, 0.3) is 0 Å². The van der Waals surface area contributed by atoms with Gasteiger partial charge >= 0.3 is 0 Å². The highest BCUT2D eigenvalue weighted by molar-refractivity contribution is 8.13. The fraction of sp³-hybridized carbons (Fsp3) is 0.667. The van der Waals surface area contributed by atoms with E-state index in [2.05, 4.69) is 29.1 Å². The van der Waals surface area contributed by atoms with E-state index in [0.717, 1.165) is 24.6 Å². The number of hydrogen-bond donors (Lipinski definition) is 1. The Balaban J connectivity index is 1.85. The van der Waals surface area contributed by atoms with E-state index >= 15 is 0 Å². The minimum Gasteiger partial charge on any atom is -0.360 e. The molecule has 1 aromatic heterocycles. The van der Waals surface area contributed by atoms with Crippen LogP contribution in [-0.4, -0.2) is 28.0 Å². The molecule has 0 radical (unpaired) electrons. The van der Waals surface area contributed by atoms with Crippen molar-refractivity contribution in [2.24, 2.45) is 4.99 Å². The lowest BCUT2D eigenvalue weighted by molar-refractivity contribution is 0.390. The molecular weight excluding hydrogens is 250 g/mol. The molecule has 5 heteroatoms. The lowest BCUT2D eigenvalue weighted by Gasteiger charge is -2.35. The van der Waals surface area contributed by atoms with E-state index in [1.807, 2.05) is 23.3 Å². The van der Waals surface area contributed by atoms with Gasteiger partial charge in [-0.15, -0.1) is 11.3 Å². The lowest BCUT2D eigenvalue weighted by atomic mass is 9.96. The van der Waals surface area contributed by atoms with Crippen LogP contribution in [0.4, 0.5) is 0 Å². The van der Waals surface area contributed by atoms with Crippen LogP contribution in [-0.2, 0) is 6.42 Å². The van der Waals surface area contributed by atoms with Crippen molar-refractivity contribution in [2.75, 3.05) is 12.3 Å². The van der Waals surface area contributed by atoms with Gasteiger partial charge in [0.05, 0.1) is 5.01 Å². The van der Waals surface area contributed by atoms with E-state index in [0.29, 0.717) is 0 Å². The zero-order valence-corrected chi connectivity index (χ0v) is 12.0. The lowest BCUT2D eigenvalue weighted by Crippen LogP contribution is -2.48. The fourth-order valence-corrected chi connectivity index (χ4v) is 3.57. The third kappa shape index (κ3) is 3.71. The number of rotatable bonds is 4. The molecule has 0 spiro atoms. The third-order valence-electron chi connectivity index (χ3n) is 3.15. The maximum Gasteiger partial charge on any atom is 0.156 e. The molecule has 2 heterocycles. The number of nitrogens with zero attached hydrogens (tertiary/aromatic N) is 2. The van der Waals surface area contributed by atoms with E-state index < -0.39 is 0 Å². The summed E-state index contributed by atoms with van der Waals surface area (Å²) in [6.45, 7) is 5.35. The van der Waals surface area contributed by atoms with Crippen molar-refractivity contribution >= 4 is 28.3 Å². The van der Waals surface area contributed by atoms with E-state index in [-0.39, 0.29) is 5.54 Å². The molecule has 1 unspecified atom stereocenters. The number of hydrogen-bond acceptors (Lipinski definition) is 4. The van der Waals surface area contributed by atoms with Crippen molar-refractivity contribution in [3.8, 4) is 0 Å². The second-order valence-corrected chi connectivity index (χ2v) is 6.56. The second-order valence-electron chi connectivity index (χ2n) is 4.50. The van der Waals surface area contributed by atoms with Gasteiger partial charge in [-0.1, -0.05) is 18.7 Å². The fourth-order valence-electron chi connectivity index (χ4n) is 1.71. The molecule has 0 aliphatic carbocycles. The molecule has 3 nitrogen and oxygen atoms in total. The Bertz CT molecular complexity index is 375. The summed E-state index contributed by atoms with van der Waals surface area (Å²) in [5, 5.41) is 7.86.